The number of benzene rings is 3. The van der Waals surface area contributed by atoms with Crippen LogP contribution in [0.3, 0.4) is 0 Å². The summed E-state index contributed by atoms with van der Waals surface area (Å²) >= 11 is 1.16. The van der Waals surface area contributed by atoms with E-state index in [1.165, 1.54) is 38.6 Å². The molecule has 2 N–H and O–H groups in total. The molecule has 0 bridgehead atoms. The number of carbonyl (C=O) groups is 2. The molecule has 5 atom stereocenters. The molecule has 3 aromatic carbocycles. The second kappa shape index (κ2) is 19.3. The quantitative estimate of drug-likeness (QED) is 0.0611. The van der Waals surface area contributed by atoms with Gasteiger partial charge in [0.25, 0.3) is 0 Å². The van der Waals surface area contributed by atoms with Gasteiger partial charge in [0, 0.05) is 19.3 Å². The number of aromatic nitrogens is 5. The van der Waals surface area contributed by atoms with Gasteiger partial charge in [-0.2, -0.15) is 0 Å². The minimum atomic E-state index is -1.31. The van der Waals surface area contributed by atoms with E-state index in [2.05, 4.69) is 30.4 Å². The Kier molecular flexibility index (Phi) is 13.8. The van der Waals surface area contributed by atoms with Gasteiger partial charge in [0.1, 0.15) is 12.3 Å². The summed E-state index contributed by atoms with van der Waals surface area (Å²) in [6.07, 6.45) is 0.368. The summed E-state index contributed by atoms with van der Waals surface area (Å²) in [5.74, 6) is -1.17. The number of ether oxygens (including phenoxy) is 5. The third kappa shape index (κ3) is 10.5. The predicted octanol–water partition coefficient (Wildman–Crippen LogP) is 5.16. The number of amides is 1. The van der Waals surface area contributed by atoms with Crippen LogP contribution in [-0.2, 0) is 9.47 Å². The molecule has 1 amide bonds. The number of carbonyl (C=O) groups excluding carboxylic acids is 2. The van der Waals surface area contributed by atoms with Crippen LogP contribution in [0.1, 0.15) is 66.0 Å². The fraction of sp³-hybridized carbons (Fsp3) is 0.308. The maximum absolute atomic E-state index is 16.4. The van der Waals surface area contributed by atoms with E-state index in [0.29, 0.717) is 40.6 Å². The zero-order valence-corrected chi connectivity index (χ0v) is 33.4. The second-order valence-electron chi connectivity index (χ2n) is 12.6. The Morgan fingerprint density at radius 2 is 1.77 bits per heavy atom. The van der Waals surface area contributed by atoms with Gasteiger partial charge in [0.2, 0.25) is 0 Å². The van der Waals surface area contributed by atoms with Crippen LogP contribution in [0.25, 0.3) is 5.95 Å². The first-order valence-electron chi connectivity index (χ1n) is 18.0. The van der Waals surface area contributed by atoms with Gasteiger partial charge >= 0.3 is 242 Å². The molecule has 18 heteroatoms. The third-order valence-electron chi connectivity index (χ3n) is 8.67. The maximum atomic E-state index is 16.4. The van der Waals surface area contributed by atoms with Crippen molar-refractivity contribution in [3.05, 3.63) is 114 Å². The summed E-state index contributed by atoms with van der Waals surface area (Å²) < 4.78 is 59.9. The van der Waals surface area contributed by atoms with Crippen LogP contribution in [-0.4, -0.2) is 102 Å². The number of methoxy groups -OCH3 is 1. The summed E-state index contributed by atoms with van der Waals surface area (Å²) in [7, 11) is 1.40. The average Bonchev–Trinajstić information content (AvgIpc) is 3.64. The number of hydrogen-bond acceptors (Lipinski definition) is 13. The molecular formula is C39H40AsF2N7O8. The van der Waals surface area contributed by atoms with Gasteiger partial charge in [-0.25, -0.2) is 9.18 Å². The van der Waals surface area contributed by atoms with Crippen molar-refractivity contribution >= 4 is 39.1 Å². The molecular weight excluding hydrogens is 807 g/mol. The first-order valence-corrected chi connectivity index (χ1v) is 19.2. The van der Waals surface area contributed by atoms with Crippen LogP contribution in [0.15, 0.2) is 90.2 Å². The van der Waals surface area contributed by atoms with Gasteiger partial charge in [-0.3, -0.25) is 0 Å². The number of nitrogens with one attached hydrogen (secondary N) is 1. The monoisotopic (exact) mass is 847 g/mol. The first kappa shape index (κ1) is 40.7. The van der Waals surface area contributed by atoms with Gasteiger partial charge < -0.3 is 14.6 Å². The van der Waals surface area contributed by atoms with Crippen LogP contribution in [0.5, 0.6) is 17.5 Å². The van der Waals surface area contributed by atoms with Gasteiger partial charge in [0.05, 0.1) is 6.61 Å². The van der Waals surface area contributed by atoms with E-state index < -0.39 is 36.6 Å². The Bertz CT molecular complexity index is 2160. The van der Waals surface area contributed by atoms with Crippen molar-refractivity contribution in [3.63, 3.8) is 0 Å². The number of hydrogen-bond donors (Lipinski definition) is 2. The van der Waals surface area contributed by atoms with E-state index in [0.717, 1.165) is 28.0 Å². The van der Waals surface area contributed by atoms with E-state index in [-0.39, 0.29) is 54.0 Å². The van der Waals surface area contributed by atoms with Gasteiger partial charge in [-0.1, -0.05) is 6.42 Å². The van der Waals surface area contributed by atoms with Crippen LogP contribution in [0.2, 0.25) is 0 Å². The zero-order valence-electron chi connectivity index (χ0n) is 31.0. The van der Waals surface area contributed by atoms with E-state index >= 15 is 4.39 Å². The Labute approximate surface area is 334 Å². The number of nitrogens with zero attached hydrogens (tertiary/aromatic N) is 6. The van der Waals surface area contributed by atoms with Crippen LogP contribution >= 0.6 is 0 Å². The van der Waals surface area contributed by atoms with E-state index in [1.807, 2.05) is 6.07 Å². The molecule has 2 aromatic heterocycles. The van der Waals surface area contributed by atoms with Gasteiger partial charge in [-0.15, -0.1) is 0 Å². The minimum absolute atomic E-state index is 0.0142. The van der Waals surface area contributed by atoms with Crippen molar-refractivity contribution in [2.75, 3.05) is 25.6 Å². The molecule has 1 saturated carbocycles. The number of halogens is 2. The van der Waals surface area contributed by atoms with Crippen LogP contribution < -0.4 is 19.5 Å². The molecule has 2 heterocycles. The first-order chi connectivity index (χ1) is 27.6. The van der Waals surface area contributed by atoms with Crippen LogP contribution in [0, 0.1) is 5.82 Å². The molecule has 1 aliphatic rings. The topological polar surface area (TPSA) is 181 Å². The normalized spacial score (nSPS) is 16.6. The summed E-state index contributed by atoms with van der Waals surface area (Å²) in [5.41, 5.74) is 1.62. The summed E-state index contributed by atoms with van der Waals surface area (Å²) in [4.78, 5) is 42.7. The van der Waals surface area contributed by atoms with Crippen molar-refractivity contribution in [2.24, 2.45) is 4.99 Å². The molecule has 5 aromatic rings. The molecule has 15 nitrogen and oxygen atoms in total. The van der Waals surface area contributed by atoms with Crippen LogP contribution in [0.4, 0.5) is 19.3 Å². The second-order valence-corrected chi connectivity index (χ2v) is 13.8. The molecule has 0 radical (unpaired) electrons. The van der Waals surface area contributed by atoms with Crippen molar-refractivity contribution in [1.82, 2.24) is 24.7 Å². The Hall–Kier alpha value is -5.93. The van der Waals surface area contributed by atoms with Crippen molar-refractivity contribution in [1.29, 1.82) is 0 Å². The summed E-state index contributed by atoms with van der Waals surface area (Å²) in [5, 5.41) is 17.3. The van der Waals surface area contributed by atoms with Crippen molar-refractivity contribution < 1.29 is 47.2 Å². The van der Waals surface area contributed by atoms with E-state index in [1.54, 1.807) is 54.6 Å². The van der Waals surface area contributed by atoms with E-state index in [4.69, 9.17) is 23.7 Å². The Balaban J connectivity index is 1.34. The summed E-state index contributed by atoms with van der Waals surface area (Å²) in [6, 6.07) is 18.6. The molecule has 1 aliphatic carbocycles. The molecule has 0 saturated heterocycles. The molecule has 6 rings (SSSR count). The number of alkyl halides is 1. The SMILES string of the molecule is COc1cc(OCCO)c(F)c(C(Nc2ccc(C([AsH2])=NC(=O)c3ccccc3)cc2)c2nc(O[C@H](C)OC(=O)OC3CCCC[C@@H]3F)n(-c3ncccn3)n2)c1. The zero-order chi connectivity index (χ0) is 40.3. The molecule has 0 spiro atoms. The molecule has 57 heavy (non-hydrogen) atoms. The molecule has 3 unspecified atom stereocenters. The third-order valence-corrected chi connectivity index (χ3v) is 9.64. The number of aliphatic hydroxyl groups is 1. The van der Waals surface area contributed by atoms with Crippen molar-refractivity contribution in [3.8, 4) is 23.5 Å². The molecule has 1 fully saturated rings. The van der Waals surface area contributed by atoms with Gasteiger partial charge in [0.15, 0.2) is 0 Å². The Morgan fingerprint density at radius 3 is 2.47 bits per heavy atom. The number of aliphatic imine (C=N–C) groups is 1. The fourth-order valence-electron chi connectivity index (χ4n) is 5.87. The number of rotatable bonds is 15. The fourth-order valence-corrected chi connectivity index (χ4v) is 6.52. The van der Waals surface area contributed by atoms with Gasteiger partial charge in [-0.05, 0) is 25.3 Å². The number of anilines is 1. The average molecular weight is 848 g/mol. The summed E-state index contributed by atoms with van der Waals surface area (Å²) in [6.45, 7) is 0.846. The number of aliphatic hydroxyl groups excluding tert-OH is 1. The van der Waals surface area contributed by atoms with Crippen molar-refractivity contribution in [2.45, 2.75) is 57.2 Å². The predicted molar refractivity (Wildman–Crippen MR) is 205 cm³/mol. The standard InChI is InChI=1S/C39H40AsF2N7O8/c1-23(56-39(52)57-30-12-7-6-11-29(30)41)55-38-47-35(48-49(38)37-43-17-8-18-44-37)33(28-21-27(53-2)22-31(32(28)42)54-20-19-50)45-26-15-13-24(14-16-26)34(40)46-36(51)25-9-4-3-5-10-25/h3-5,8-10,13-18,21-23,29-30,33,45,50H,6-7,11-12,19-20,40H2,1-2H3/t23-,29-,30?,33?/m0/s1. The van der Waals surface area contributed by atoms with E-state index in [9.17, 15) is 19.1 Å². The molecule has 298 valence electrons. The Morgan fingerprint density at radius 1 is 1.04 bits per heavy atom. The molecule has 0 aliphatic heterocycles.